The molecule has 0 fully saturated rings. The summed E-state index contributed by atoms with van der Waals surface area (Å²) in [6.07, 6.45) is 1.69. The highest BCUT2D eigenvalue weighted by Gasteiger charge is 2.35. The van der Waals surface area contributed by atoms with E-state index in [9.17, 15) is 9.59 Å². The highest BCUT2D eigenvalue weighted by molar-refractivity contribution is 7.07. The number of fused-ring (bicyclic) bond motifs is 1. The number of hydrogen-bond donors (Lipinski definition) is 0. The molecular formula is C28H19Cl3N2O3S. The van der Waals surface area contributed by atoms with Crippen molar-refractivity contribution in [1.29, 1.82) is 0 Å². The van der Waals surface area contributed by atoms with Gasteiger partial charge in [-0.2, -0.15) is 0 Å². The summed E-state index contributed by atoms with van der Waals surface area (Å²) in [4.78, 5) is 32.5. The predicted octanol–water partition coefficient (Wildman–Crippen LogP) is 5.90. The second-order valence-corrected chi connectivity index (χ2v) is 10.4. The molecule has 1 aromatic heterocycles. The Morgan fingerprint density at radius 3 is 2.46 bits per heavy atom. The summed E-state index contributed by atoms with van der Waals surface area (Å²) in [6, 6.07) is 20.9. The van der Waals surface area contributed by atoms with Gasteiger partial charge in [-0.05, 0) is 42.3 Å². The van der Waals surface area contributed by atoms with Crippen molar-refractivity contribution in [2.75, 3.05) is 6.61 Å². The Kier molecular flexibility index (Phi) is 7.36. The number of nitrogens with zero attached hydrogens (tertiary/aromatic N) is 2. The van der Waals surface area contributed by atoms with Crippen LogP contribution in [0.1, 0.15) is 29.7 Å². The molecule has 0 saturated carbocycles. The van der Waals surface area contributed by atoms with E-state index in [4.69, 9.17) is 44.5 Å². The number of aromatic nitrogens is 1. The summed E-state index contributed by atoms with van der Waals surface area (Å²) in [6.45, 7) is 1.91. The zero-order valence-electron chi connectivity index (χ0n) is 19.5. The highest BCUT2D eigenvalue weighted by atomic mass is 35.5. The summed E-state index contributed by atoms with van der Waals surface area (Å²) in [5.74, 6) is -0.544. The number of hydrogen-bond acceptors (Lipinski definition) is 5. The van der Waals surface area contributed by atoms with Crippen molar-refractivity contribution in [1.82, 2.24) is 4.57 Å². The summed E-state index contributed by atoms with van der Waals surface area (Å²) >= 11 is 20.0. The van der Waals surface area contributed by atoms with Crippen LogP contribution in [0.5, 0.6) is 0 Å². The fraction of sp³-hybridized carbons (Fsp3) is 0.107. The van der Waals surface area contributed by atoms with E-state index in [1.54, 1.807) is 55.5 Å². The van der Waals surface area contributed by atoms with Crippen molar-refractivity contribution in [2.45, 2.75) is 13.0 Å². The lowest BCUT2D eigenvalue weighted by atomic mass is 9.93. The molecule has 0 spiro atoms. The molecule has 0 radical (unpaired) electrons. The molecule has 3 aromatic carbocycles. The molecule has 0 saturated heterocycles. The van der Waals surface area contributed by atoms with E-state index < -0.39 is 12.0 Å². The molecule has 0 N–H and O–H groups in total. The molecule has 2 heterocycles. The average Bonchev–Trinajstić information content (AvgIpc) is 3.21. The summed E-state index contributed by atoms with van der Waals surface area (Å²) in [5.41, 5.74) is 2.45. The SMILES string of the molecule is CCOC(=O)C1=C(c2ccccc2)N=c2s/c(=C\c3cccc(Cl)c3Cl)c(=O)n2[C@@H]1c1ccc(Cl)cc1. The van der Waals surface area contributed by atoms with E-state index in [1.165, 1.54) is 15.9 Å². The lowest BCUT2D eigenvalue weighted by Crippen LogP contribution is -2.40. The van der Waals surface area contributed by atoms with Crippen molar-refractivity contribution in [3.05, 3.63) is 130 Å². The van der Waals surface area contributed by atoms with Crippen LogP contribution in [-0.2, 0) is 9.53 Å². The molecule has 0 unspecified atom stereocenters. The molecule has 186 valence electrons. The van der Waals surface area contributed by atoms with Gasteiger partial charge in [-0.25, -0.2) is 9.79 Å². The molecule has 9 heteroatoms. The molecule has 5 rings (SSSR count). The van der Waals surface area contributed by atoms with E-state index in [-0.39, 0.29) is 17.7 Å². The maximum Gasteiger partial charge on any atom is 0.338 e. The molecule has 0 bridgehead atoms. The van der Waals surface area contributed by atoms with Gasteiger partial charge in [-0.3, -0.25) is 9.36 Å². The van der Waals surface area contributed by atoms with E-state index in [1.807, 2.05) is 30.3 Å². The number of carbonyl (C=O) groups excluding carboxylic acids is 1. The van der Waals surface area contributed by atoms with Crippen molar-refractivity contribution >= 4 is 63.9 Å². The van der Waals surface area contributed by atoms with Gasteiger partial charge < -0.3 is 4.74 Å². The monoisotopic (exact) mass is 568 g/mol. The Morgan fingerprint density at radius 2 is 1.76 bits per heavy atom. The van der Waals surface area contributed by atoms with Crippen LogP contribution in [0.15, 0.2) is 88.2 Å². The van der Waals surface area contributed by atoms with Crippen LogP contribution in [0.2, 0.25) is 15.1 Å². The van der Waals surface area contributed by atoms with Crippen LogP contribution < -0.4 is 14.9 Å². The molecule has 5 nitrogen and oxygen atoms in total. The Hall–Kier alpha value is -3.16. The van der Waals surface area contributed by atoms with Gasteiger partial charge in [-0.15, -0.1) is 0 Å². The quantitative estimate of drug-likeness (QED) is 0.281. The number of ether oxygens (including phenoxy) is 1. The number of carbonyl (C=O) groups is 1. The second kappa shape index (κ2) is 10.7. The van der Waals surface area contributed by atoms with Crippen molar-refractivity contribution in [3.63, 3.8) is 0 Å². The van der Waals surface area contributed by atoms with Crippen LogP contribution >= 0.6 is 46.1 Å². The number of thiazole rings is 1. The third kappa shape index (κ3) is 4.90. The molecule has 0 amide bonds. The summed E-state index contributed by atoms with van der Waals surface area (Å²) in [5, 5.41) is 1.27. The molecule has 37 heavy (non-hydrogen) atoms. The van der Waals surface area contributed by atoms with Gasteiger partial charge in [0, 0.05) is 10.6 Å². The first-order chi connectivity index (χ1) is 17.9. The van der Waals surface area contributed by atoms with Crippen LogP contribution in [0.3, 0.4) is 0 Å². The minimum atomic E-state index is -0.778. The summed E-state index contributed by atoms with van der Waals surface area (Å²) in [7, 11) is 0. The van der Waals surface area contributed by atoms with Gasteiger partial charge in [-0.1, -0.05) is 101 Å². The first kappa shape index (κ1) is 25.5. The second-order valence-electron chi connectivity index (χ2n) is 8.13. The zero-order chi connectivity index (χ0) is 26.1. The standard InChI is InChI=1S/C28H19Cl3N2O3S/c1-2-36-27(35)22-24(16-7-4-3-5-8-16)32-28-33(25(22)17-11-13-19(29)14-12-17)26(34)21(37-28)15-18-9-6-10-20(30)23(18)31/h3-15,25H,2H2,1H3/b21-15-/t25-/m1/s1. The molecular weight excluding hydrogens is 551 g/mol. The van der Waals surface area contributed by atoms with Crippen LogP contribution in [0.25, 0.3) is 11.8 Å². The fourth-order valence-corrected chi connectivity index (χ4v) is 5.65. The van der Waals surface area contributed by atoms with E-state index in [2.05, 4.69) is 0 Å². The number of benzene rings is 3. The van der Waals surface area contributed by atoms with Crippen LogP contribution in [0.4, 0.5) is 0 Å². The minimum Gasteiger partial charge on any atom is -0.463 e. The third-order valence-corrected chi connectivity index (χ3v) is 7.90. The van der Waals surface area contributed by atoms with Gasteiger partial charge >= 0.3 is 5.97 Å². The molecule has 1 atom stereocenters. The van der Waals surface area contributed by atoms with Crippen LogP contribution in [0, 0.1) is 0 Å². The van der Waals surface area contributed by atoms with Crippen LogP contribution in [-0.4, -0.2) is 17.1 Å². The maximum atomic E-state index is 13.8. The smallest absolute Gasteiger partial charge is 0.338 e. The van der Waals surface area contributed by atoms with Crippen molar-refractivity contribution in [2.24, 2.45) is 4.99 Å². The average molecular weight is 570 g/mol. The molecule has 1 aliphatic heterocycles. The molecule has 4 aromatic rings. The number of halogens is 3. The van der Waals surface area contributed by atoms with E-state index in [0.29, 0.717) is 41.2 Å². The molecule has 1 aliphatic rings. The Balaban J connectivity index is 1.84. The van der Waals surface area contributed by atoms with E-state index in [0.717, 1.165) is 5.56 Å². The summed E-state index contributed by atoms with van der Waals surface area (Å²) < 4.78 is 7.39. The first-order valence-electron chi connectivity index (χ1n) is 11.4. The Morgan fingerprint density at radius 1 is 1.03 bits per heavy atom. The molecule has 0 aliphatic carbocycles. The predicted molar refractivity (Wildman–Crippen MR) is 149 cm³/mol. The lowest BCUT2D eigenvalue weighted by molar-refractivity contribution is -0.138. The Bertz CT molecular complexity index is 1710. The topological polar surface area (TPSA) is 60.7 Å². The number of rotatable bonds is 5. The van der Waals surface area contributed by atoms with Gasteiger partial charge in [0.15, 0.2) is 4.80 Å². The largest absolute Gasteiger partial charge is 0.463 e. The zero-order valence-corrected chi connectivity index (χ0v) is 22.5. The number of esters is 1. The normalized spacial score (nSPS) is 15.4. The highest BCUT2D eigenvalue weighted by Crippen LogP contribution is 2.35. The van der Waals surface area contributed by atoms with Crippen molar-refractivity contribution in [3.8, 4) is 0 Å². The first-order valence-corrected chi connectivity index (χ1v) is 13.3. The van der Waals surface area contributed by atoms with Gasteiger partial charge in [0.1, 0.15) is 0 Å². The third-order valence-electron chi connectivity index (χ3n) is 5.83. The minimum absolute atomic E-state index is 0.176. The Labute approximate surface area is 231 Å². The van der Waals surface area contributed by atoms with Crippen molar-refractivity contribution < 1.29 is 9.53 Å². The van der Waals surface area contributed by atoms with Gasteiger partial charge in [0.2, 0.25) is 0 Å². The van der Waals surface area contributed by atoms with Gasteiger partial charge in [0.05, 0.1) is 38.5 Å². The maximum absolute atomic E-state index is 13.8. The fourth-order valence-electron chi connectivity index (χ4n) is 4.17. The van der Waals surface area contributed by atoms with Gasteiger partial charge in [0.25, 0.3) is 5.56 Å². The lowest BCUT2D eigenvalue weighted by Gasteiger charge is -2.25. The van der Waals surface area contributed by atoms with E-state index >= 15 is 0 Å².